The van der Waals surface area contributed by atoms with E-state index in [1.54, 1.807) is 6.07 Å². The van der Waals surface area contributed by atoms with Gasteiger partial charge in [0.1, 0.15) is 5.75 Å². The number of fused-ring (bicyclic) bond motifs is 2. The Morgan fingerprint density at radius 1 is 1.00 bits per heavy atom. The topological polar surface area (TPSA) is 26.7 Å². The first-order chi connectivity index (χ1) is 10.7. The van der Waals surface area contributed by atoms with E-state index in [4.69, 9.17) is 0 Å². The van der Waals surface area contributed by atoms with Gasteiger partial charge in [0.25, 0.3) is 0 Å². The van der Waals surface area contributed by atoms with Crippen LogP contribution in [-0.4, -0.2) is 37.2 Å². The average Bonchev–Trinajstić information content (AvgIpc) is 2.66. The van der Waals surface area contributed by atoms with E-state index in [-0.39, 0.29) is 0 Å². The first kappa shape index (κ1) is 14.9. The molecule has 22 heavy (non-hydrogen) atoms. The number of para-hydroxylation sites is 1. The second-order valence-corrected chi connectivity index (χ2v) is 6.21. The monoisotopic (exact) mass is 296 g/mol. The van der Waals surface area contributed by atoms with Crippen LogP contribution in [0.2, 0.25) is 0 Å². The Morgan fingerprint density at radius 2 is 1.77 bits per heavy atom. The Bertz CT molecular complexity index is 652. The Morgan fingerprint density at radius 3 is 2.59 bits per heavy atom. The summed E-state index contributed by atoms with van der Waals surface area (Å²) in [5, 5.41) is 10.3. The molecule has 1 heterocycles. The largest absolute Gasteiger partial charge is 0.508 e. The Hall–Kier alpha value is -2.00. The quantitative estimate of drug-likeness (QED) is 0.934. The third-order valence-corrected chi connectivity index (χ3v) is 4.33. The fraction of sp³-hybridized carbons (Fsp3) is 0.368. The summed E-state index contributed by atoms with van der Waals surface area (Å²) in [6.45, 7) is 2.03. The van der Waals surface area contributed by atoms with Gasteiger partial charge < -0.3 is 14.9 Å². The van der Waals surface area contributed by atoms with Gasteiger partial charge in [-0.05, 0) is 63.7 Å². The number of aromatic hydroxyl groups is 1. The summed E-state index contributed by atoms with van der Waals surface area (Å²) in [5.74, 6) is 0.419. The van der Waals surface area contributed by atoms with Crippen LogP contribution in [0.4, 0.5) is 11.4 Å². The lowest BCUT2D eigenvalue weighted by molar-refractivity contribution is 0.402. The zero-order valence-electron chi connectivity index (χ0n) is 13.4. The molecule has 0 spiro atoms. The van der Waals surface area contributed by atoms with Crippen molar-refractivity contribution in [2.24, 2.45) is 0 Å². The molecule has 1 aliphatic rings. The maximum atomic E-state index is 10.3. The van der Waals surface area contributed by atoms with Crippen LogP contribution in [0.5, 0.6) is 5.75 Å². The molecule has 116 valence electrons. The molecule has 0 fully saturated rings. The molecule has 2 aromatic rings. The van der Waals surface area contributed by atoms with Crippen LogP contribution in [0.25, 0.3) is 0 Å². The Labute approximate surface area is 132 Å². The maximum absolute atomic E-state index is 10.3. The van der Waals surface area contributed by atoms with Crippen molar-refractivity contribution in [3.8, 4) is 5.75 Å². The SMILES string of the molecule is CN(C)CCCN1c2ccccc2CCc2c(O)cccc21. The van der Waals surface area contributed by atoms with Gasteiger partial charge in [-0.1, -0.05) is 24.3 Å². The van der Waals surface area contributed by atoms with Crippen LogP contribution in [-0.2, 0) is 12.8 Å². The predicted molar refractivity (Wildman–Crippen MR) is 92.1 cm³/mol. The molecule has 1 N–H and O–H groups in total. The number of aryl methyl sites for hydroxylation is 1. The molecular weight excluding hydrogens is 272 g/mol. The van der Waals surface area contributed by atoms with E-state index in [2.05, 4.69) is 54.2 Å². The summed E-state index contributed by atoms with van der Waals surface area (Å²) in [5.41, 5.74) is 4.88. The minimum Gasteiger partial charge on any atom is -0.508 e. The molecule has 0 aliphatic carbocycles. The molecule has 3 heteroatoms. The molecule has 3 rings (SSSR count). The number of phenolic OH excluding ortho intramolecular Hbond substituents is 1. The van der Waals surface area contributed by atoms with Crippen LogP contribution >= 0.6 is 0 Å². The van der Waals surface area contributed by atoms with Gasteiger partial charge in [-0.2, -0.15) is 0 Å². The summed E-state index contributed by atoms with van der Waals surface area (Å²) < 4.78 is 0. The zero-order chi connectivity index (χ0) is 15.5. The lowest BCUT2D eigenvalue weighted by Gasteiger charge is -2.27. The first-order valence-electron chi connectivity index (χ1n) is 7.98. The second kappa shape index (κ2) is 6.41. The highest BCUT2D eigenvalue weighted by Crippen LogP contribution is 2.39. The lowest BCUT2D eigenvalue weighted by Crippen LogP contribution is -2.24. The Balaban J connectivity index is 1.99. The van der Waals surface area contributed by atoms with E-state index < -0.39 is 0 Å². The first-order valence-corrected chi connectivity index (χ1v) is 7.98. The normalized spacial score (nSPS) is 13.7. The van der Waals surface area contributed by atoms with Crippen LogP contribution in [0.1, 0.15) is 17.5 Å². The van der Waals surface area contributed by atoms with Gasteiger partial charge in [-0.25, -0.2) is 0 Å². The van der Waals surface area contributed by atoms with E-state index in [9.17, 15) is 5.11 Å². The van der Waals surface area contributed by atoms with E-state index in [0.29, 0.717) is 5.75 Å². The number of benzene rings is 2. The third-order valence-electron chi connectivity index (χ3n) is 4.33. The minimum atomic E-state index is 0.419. The predicted octanol–water partition coefficient (Wildman–Crippen LogP) is 3.58. The molecule has 0 amide bonds. The fourth-order valence-electron chi connectivity index (χ4n) is 3.23. The van der Waals surface area contributed by atoms with Crippen LogP contribution in [0, 0.1) is 0 Å². The zero-order valence-corrected chi connectivity index (χ0v) is 13.4. The van der Waals surface area contributed by atoms with Crippen molar-refractivity contribution >= 4 is 11.4 Å². The molecule has 0 atom stereocenters. The number of rotatable bonds is 4. The standard InChI is InChI=1S/C19H24N2O/c1-20(2)13-6-14-21-17-8-4-3-7-15(17)11-12-16-18(21)9-5-10-19(16)22/h3-5,7-10,22H,6,11-14H2,1-2H3. The van der Waals surface area contributed by atoms with Crippen molar-refractivity contribution in [1.29, 1.82) is 0 Å². The van der Waals surface area contributed by atoms with Crippen molar-refractivity contribution in [1.82, 2.24) is 4.90 Å². The molecule has 0 aromatic heterocycles. The summed E-state index contributed by atoms with van der Waals surface area (Å²) in [4.78, 5) is 4.59. The average molecular weight is 296 g/mol. The highest BCUT2D eigenvalue weighted by molar-refractivity contribution is 5.73. The third kappa shape index (κ3) is 2.95. The van der Waals surface area contributed by atoms with E-state index in [1.165, 1.54) is 11.3 Å². The van der Waals surface area contributed by atoms with Gasteiger partial charge in [0.15, 0.2) is 0 Å². The maximum Gasteiger partial charge on any atom is 0.120 e. The van der Waals surface area contributed by atoms with E-state index in [1.807, 2.05) is 6.07 Å². The summed E-state index contributed by atoms with van der Waals surface area (Å²) >= 11 is 0. The van der Waals surface area contributed by atoms with E-state index in [0.717, 1.165) is 43.6 Å². The van der Waals surface area contributed by atoms with Crippen molar-refractivity contribution in [2.75, 3.05) is 32.1 Å². The lowest BCUT2D eigenvalue weighted by atomic mass is 10.0. The summed E-state index contributed by atoms with van der Waals surface area (Å²) in [7, 11) is 4.21. The number of phenols is 1. The Kier molecular flexibility index (Phi) is 4.34. The molecule has 0 radical (unpaired) electrons. The molecule has 0 bridgehead atoms. The highest BCUT2D eigenvalue weighted by Gasteiger charge is 2.21. The van der Waals surface area contributed by atoms with Gasteiger partial charge in [0.2, 0.25) is 0 Å². The minimum absolute atomic E-state index is 0.419. The van der Waals surface area contributed by atoms with Gasteiger partial charge >= 0.3 is 0 Å². The van der Waals surface area contributed by atoms with Gasteiger partial charge in [0.05, 0.1) is 0 Å². The number of nitrogens with zero attached hydrogens (tertiary/aromatic N) is 2. The van der Waals surface area contributed by atoms with Crippen molar-refractivity contribution in [2.45, 2.75) is 19.3 Å². The van der Waals surface area contributed by atoms with Gasteiger partial charge in [0, 0.05) is 23.5 Å². The molecule has 3 nitrogen and oxygen atoms in total. The molecule has 0 unspecified atom stereocenters. The number of hydrogen-bond acceptors (Lipinski definition) is 3. The molecular formula is C19H24N2O. The molecule has 0 saturated heterocycles. The van der Waals surface area contributed by atoms with Crippen LogP contribution in [0.3, 0.4) is 0 Å². The fourth-order valence-corrected chi connectivity index (χ4v) is 3.23. The van der Waals surface area contributed by atoms with Crippen LogP contribution in [0.15, 0.2) is 42.5 Å². The molecule has 0 saturated carbocycles. The highest BCUT2D eigenvalue weighted by atomic mass is 16.3. The summed E-state index contributed by atoms with van der Waals surface area (Å²) in [6, 6.07) is 14.5. The van der Waals surface area contributed by atoms with Crippen molar-refractivity contribution in [3.05, 3.63) is 53.6 Å². The van der Waals surface area contributed by atoms with E-state index >= 15 is 0 Å². The number of anilines is 2. The second-order valence-electron chi connectivity index (χ2n) is 6.21. The van der Waals surface area contributed by atoms with Crippen molar-refractivity contribution < 1.29 is 5.11 Å². The van der Waals surface area contributed by atoms with Crippen molar-refractivity contribution in [3.63, 3.8) is 0 Å². The molecule has 1 aliphatic heterocycles. The molecule has 2 aromatic carbocycles. The smallest absolute Gasteiger partial charge is 0.120 e. The van der Waals surface area contributed by atoms with Gasteiger partial charge in [-0.15, -0.1) is 0 Å². The van der Waals surface area contributed by atoms with Crippen LogP contribution < -0.4 is 4.90 Å². The summed E-state index contributed by atoms with van der Waals surface area (Å²) in [6.07, 6.45) is 2.96. The number of hydrogen-bond donors (Lipinski definition) is 1. The van der Waals surface area contributed by atoms with Gasteiger partial charge in [-0.3, -0.25) is 0 Å².